The van der Waals surface area contributed by atoms with Crippen LogP contribution in [0.2, 0.25) is 0 Å². The van der Waals surface area contributed by atoms with E-state index in [2.05, 4.69) is 12.2 Å². The first-order valence-corrected chi connectivity index (χ1v) is 7.60. The Morgan fingerprint density at radius 1 is 1.11 bits per heavy atom. The van der Waals surface area contributed by atoms with E-state index in [1.165, 1.54) is 51.5 Å². The molecule has 0 heterocycles. The van der Waals surface area contributed by atoms with Crippen LogP contribution in [0.4, 0.5) is 0 Å². The Morgan fingerprint density at radius 2 is 1.89 bits per heavy atom. The van der Waals surface area contributed by atoms with Crippen molar-refractivity contribution in [3.8, 4) is 0 Å². The lowest BCUT2D eigenvalue weighted by Crippen LogP contribution is -2.32. The van der Waals surface area contributed by atoms with Gasteiger partial charge in [-0.05, 0) is 44.1 Å². The molecule has 108 valence electrons. The monoisotopic (exact) mass is 257 g/mol. The van der Waals surface area contributed by atoms with Crippen LogP contribution in [-0.4, -0.2) is 40.0 Å². The summed E-state index contributed by atoms with van der Waals surface area (Å²) in [6.07, 6.45) is 9.38. The lowest BCUT2D eigenvalue weighted by atomic mass is 9.81. The van der Waals surface area contributed by atoms with E-state index < -0.39 is 0 Å². The van der Waals surface area contributed by atoms with Crippen LogP contribution in [0.25, 0.3) is 0 Å². The van der Waals surface area contributed by atoms with Gasteiger partial charge in [-0.15, -0.1) is 0 Å². The van der Waals surface area contributed by atoms with E-state index in [1.54, 1.807) is 7.11 Å². The first-order chi connectivity index (χ1) is 8.83. The third-order valence-electron chi connectivity index (χ3n) is 4.02. The van der Waals surface area contributed by atoms with Gasteiger partial charge in [0.25, 0.3) is 0 Å². The number of nitrogens with one attached hydrogen (secondary N) is 1. The van der Waals surface area contributed by atoms with Crippen LogP contribution in [-0.2, 0) is 9.47 Å². The van der Waals surface area contributed by atoms with Gasteiger partial charge in [-0.2, -0.15) is 0 Å². The molecule has 1 aliphatic carbocycles. The minimum absolute atomic E-state index is 0.569. The zero-order chi connectivity index (χ0) is 13.1. The molecule has 0 radical (unpaired) electrons. The van der Waals surface area contributed by atoms with Gasteiger partial charge in [0.05, 0.1) is 13.2 Å². The molecule has 0 aromatic heterocycles. The second kappa shape index (κ2) is 9.76. The van der Waals surface area contributed by atoms with Crippen molar-refractivity contribution in [2.24, 2.45) is 5.41 Å². The van der Waals surface area contributed by atoms with Gasteiger partial charge >= 0.3 is 0 Å². The fourth-order valence-corrected chi connectivity index (χ4v) is 2.96. The average Bonchev–Trinajstić information content (AvgIpc) is 2.83. The van der Waals surface area contributed by atoms with E-state index in [0.717, 1.165) is 19.8 Å². The lowest BCUT2D eigenvalue weighted by Gasteiger charge is -2.29. The van der Waals surface area contributed by atoms with E-state index >= 15 is 0 Å². The molecule has 1 rings (SSSR count). The van der Waals surface area contributed by atoms with Crippen LogP contribution in [0, 0.1) is 5.41 Å². The predicted molar refractivity (Wildman–Crippen MR) is 76.0 cm³/mol. The first-order valence-electron chi connectivity index (χ1n) is 7.60. The van der Waals surface area contributed by atoms with Crippen LogP contribution in [0.3, 0.4) is 0 Å². The summed E-state index contributed by atoms with van der Waals surface area (Å²) in [6.45, 7) is 6.93. The Balaban J connectivity index is 2.13. The standard InChI is InChI=1S/C15H31NO2/c1-3-10-16-14-15(7-4-5-8-15)9-6-11-18-13-12-17-2/h16H,3-14H2,1-2H3. The molecule has 18 heavy (non-hydrogen) atoms. The summed E-state index contributed by atoms with van der Waals surface area (Å²) in [5.41, 5.74) is 0.569. The molecule has 0 saturated heterocycles. The van der Waals surface area contributed by atoms with Crippen molar-refractivity contribution in [1.29, 1.82) is 0 Å². The van der Waals surface area contributed by atoms with E-state index in [0.29, 0.717) is 12.0 Å². The second-order valence-electron chi connectivity index (χ2n) is 5.59. The third-order valence-corrected chi connectivity index (χ3v) is 4.02. The summed E-state index contributed by atoms with van der Waals surface area (Å²) >= 11 is 0. The van der Waals surface area contributed by atoms with Crippen molar-refractivity contribution in [3.63, 3.8) is 0 Å². The molecule has 0 unspecified atom stereocenters. The number of rotatable bonds is 11. The third kappa shape index (κ3) is 6.17. The Hall–Kier alpha value is -0.120. The minimum atomic E-state index is 0.569. The molecule has 1 fully saturated rings. The van der Waals surface area contributed by atoms with Crippen molar-refractivity contribution in [1.82, 2.24) is 5.32 Å². The van der Waals surface area contributed by atoms with Gasteiger partial charge in [0.15, 0.2) is 0 Å². The van der Waals surface area contributed by atoms with Gasteiger partial charge in [-0.3, -0.25) is 0 Å². The van der Waals surface area contributed by atoms with Gasteiger partial charge in [0, 0.05) is 20.3 Å². The number of hydrogen-bond donors (Lipinski definition) is 1. The highest BCUT2D eigenvalue weighted by atomic mass is 16.5. The lowest BCUT2D eigenvalue weighted by molar-refractivity contribution is 0.0634. The molecular formula is C15H31NO2. The molecule has 0 aliphatic heterocycles. The highest BCUT2D eigenvalue weighted by Crippen LogP contribution is 2.41. The SMILES string of the molecule is CCCNCC1(CCCOCCOC)CCCC1. The summed E-state index contributed by atoms with van der Waals surface area (Å²) in [5.74, 6) is 0. The predicted octanol–water partition coefficient (Wildman–Crippen LogP) is 2.99. The molecule has 3 heteroatoms. The normalized spacial score (nSPS) is 18.3. The average molecular weight is 257 g/mol. The highest BCUT2D eigenvalue weighted by Gasteiger charge is 2.32. The summed E-state index contributed by atoms with van der Waals surface area (Å²) < 4.78 is 10.5. The summed E-state index contributed by atoms with van der Waals surface area (Å²) in [5, 5.41) is 3.62. The molecule has 0 amide bonds. The molecule has 0 bridgehead atoms. The molecule has 1 aliphatic rings. The van der Waals surface area contributed by atoms with Crippen molar-refractivity contribution in [2.75, 3.05) is 40.0 Å². The fourth-order valence-electron chi connectivity index (χ4n) is 2.96. The zero-order valence-corrected chi connectivity index (χ0v) is 12.3. The largest absolute Gasteiger partial charge is 0.382 e. The van der Waals surface area contributed by atoms with Gasteiger partial charge < -0.3 is 14.8 Å². The van der Waals surface area contributed by atoms with Crippen LogP contribution >= 0.6 is 0 Å². The molecule has 0 atom stereocenters. The maximum atomic E-state index is 5.56. The Morgan fingerprint density at radius 3 is 2.56 bits per heavy atom. The molecule has 1 N–H and O–H groups in total. The molecule has 3 nitrogen and oxygen atoms in total. The maximum absolute atomic E-state index is 5.56. The van der Waals surface area contributed by atoms with Gasteiger partial charge in [0.2, 0.25) is 0 Å². The molecule has 0 aromatic rings. The van der Waals surface area contributed by atoms with Gasteiger partial charge in [-0.25, -0.2) is 0 Å². The molecular weight excluding hydrogens is 226 g/mol. The first kappa shape index (κ1) is 15.9. The fraction of sp³-hybridized carbons (Fsp3) is 1.00. The Kier molecular flexibility index (Phi) is 8.64. The van der Waals surface area contributed by atoms with Crippen molar-refractivity contribution >= 4 is 0 Å². The quantitative estimate of drug-likeness (QED) is 0.577. The van der Waals surface area contributed by atoms with E-state index in [1.807, 2.05) is 0 Å². The second-order valence-corrected chi connectivity index (χ2v) is 5.59. The minimum Gasteiger partial charge on any atom is -0.382 e. The summed E-state index contributed by atoms with van der Waals surface area (Å²) in [6, 6.07) is 0. The van der Waals surface area contributed by atoms with Crippen molar-refractivity contribution in [2.45, 2.75) is 51.9 Å². The van der Waals surface area contributed by atoms with Crippen molar-refractivity contribution in [3.05, 3.63) is 0 Å². The maximum Gasteiger partial charge on any atom is 0.0700 e. The van der Waals surface area contributed by atoms with Crippen LogP contribution in [0.15, 0.2) is 0 Å². The van der Waals surface area contributed by atoms with E-state index in [4.69, 9.17) is 9.47 Å². The molecule has 0 aromatic carbocycles. The van der Waals surface area contributed by atoms with Gasteiger partial charge in [0.1, 0.15) is 0 Å². The van der Waals surface area contributed by atoms with Gasteiger partial charge in [-0.1, -0.05) is 19.8 Å². The Bertz CT molecular complexity index is 191. The number of hydrogen-bond acceptors (Lipinski definition) is 3. The smallest absolute Gasteiger partial charge is 0.0700 e. The van der Waals surface area contributed by atoms with Crippen LogP contribution in [0.1, 0.15) is 51.9 Å². The zero-order valence-electron chi connectivity index (χ0n) is 12.3. The van der Waals surface area contributed by atoms with Crippen molar-refractivity contribution < 1.29 is 9.47 Å². The van der Waals surface area contributed by atoms with Crippen LogP contribution in [0.5, 0.6) is 0 Å². The van der Waals surface area contributed by atoms with E-state index in [9.17, 15) is 0 Å². The molecule has 0 spiro atoms. The van der Waals surface area contributed by atoms with Crippen LogP contribution < -0.4 is 5.32 Å². The number of ether oxygens (including phenoxy) is 2. The topological polar surface area (TPSA) is 30.5 Å². The molecule has 1 saturated carbocycles. The van der Waals surface area contributed by atoms with E-state index in [-0.39, 0.29) is 0 Å². The summed E-state index contributed by atoms with van der Waals surface area (Å²) in [7, 11) is 1.72. The highest BCUT2D eigenvalue weighted by molar-refractivity contribution is 4.86. The number of methoxy groups -OCH3 is 1. The Labute approximate surface area is 113 Å². The summed E-state index contributed by atoms with van der Waals surface area (Å²) in [4.78, 5) is 0.